The molecule has 10 heteroatoms. The van der Waals surface area contributed by atoms with Crippen LogP contribution in [0.2, 0.25) is 5.02 Å². The first-order valence-electron chi connectivity index (χ1n) is 12.3. The van der Waals surface area contributed by atoms with Crippen LogP contribution >= 0.6 is 27.5 Å². The van der Waals surface area contributed by atoms with E-state index in [2.05, 4.69) is 21.2 Å². The largest absolute Gasteiger partial charge is 0.354 e. The minimum Gasteiger partial charge on any atom is -0.354 e. The van der Waals surface area contributed by atoms with Crippen LogP contribution in [0.25, 0.3) is 0 Å². The number of hydrogen-bond acceptors (Lipinski definition) is 4. The smallest absolute Gasteiger partial charge is 0.264 e. The summed E-state index contributed by atoms with van der Waals surface area (Å²) in [5, 5.41) is 3.42. The summed E-state index contributed by atoms with van der Waals surface area (Å²) in [6, 6.07) is 20.9. The van der Waals surface area contributed by atoms with Gasteiger partial charge in [-0.3, -0.25) is 13.9 Å². The third-order valence-corrected chi connectivity index (χ3v) is 8.49. The Kier molecular flexibility index (Phi) is 10.8. The Bertz CT molecular complexity index is 1320. The number of carbonyl (C=O) groups is 2. The Morgan fingerprint density at radius 1 is 0.947 bits per heavy atom. The van der Waals surface area contributed by atoms with E-state index in [1.54, 1.807) is 66.7 Å². The molecule has 0 aliphatic rings. The summed E-state index contributed by atoms with van der Waals surface area (Å²) in [6.07, 6.45) is 1.11. The monoisotopic (exact) mass is 619 g/mol. The van der Waals surface area contributed by atoms with Gasteiger partial charge in [0, 0.05) is 22.6 Å². The fraction of sp³-hybridized carbons (Fsp3) is 0.286. The number of anilines is 1. The summed E-state index contributed by atoms with van der Waals surface area (Å²) in [5.74, 6) is -0.779. The minimum atomic E-state index is -4.09. The van der Waals surface area contributed by atoms with Crippen LogP contribution < -0.4 is 9.62 Å². The molecular weight excluding hydrogens is 590 g/mol. The van der Waals surface area contributed by atoms with E-state index < -0.39 is 28.5 Å². The summed E-state index contributed by atoms with van der Waals surface area (Å²) < 4.78 is 29.3. The number of halogens is 2. The number of nitrogens with zero attached hydrogens (tertiary/aromatic N) is 2. The summed E-state index contributed by atoms with van der Waals surface area (Å²) in [6.45, 7) is 3.89. The van der Waals surface area contributed by atoms with E-state index in [4.69, 9.17) is 11.6 Å². The molecule has 0 aromatic heterocycles. The molecule has 0 aliphatic carbocycles. The molecule has 0 spiro atoms. The van der Waals surface area contributed by atoms with Gasteiger partial charge in [-0.1, -0.05) is 71.7 Å². The molecule has 0 unspecified atom stereocenters. The van der Waals surface area contributed by atoms with Crippen molar-refractivity contribution in [3.05, 3.63) is 93.9 Å². The van der Waals surface area contributed by atoms with Gasteiger partial charge >= 0.3 is 0 Å². The molecule has 3 aromatic carbocycles. The first-order chi connectivity index (χ1) is 18.2. The molecule has 3 rings (SSSR count). The van der Waals surface area contributed by atoms with E-state index in [0.29, 0.717) is 23.7 Å². The first kappa shape index (κ1) is 29.7. The molecule has 0 radical (unpaired) electrons. The van der Waals surface area contributed by atoms with E-state index in [1.807, 2.05) is 13.8 Å². The van der Waals surface area contributed by atoms with Crippen LogP contribution in [-0.2, 0) is 26.2 Å². The van der Waals surface area contributed by atoms with E-state index >= 15 is 0 Å². The van der Waals surface area contributed by atoms with Crippen LogP contribution in [0.5, 0.6) is 0 Å². The molecule has 3 aromatic rings. The van der Waals surface area contributed by atoms with E-state index in [-0.39, 0.29) is 17.3 Å². The molecule has 1 N–H and O–H groups in total. The normalized spacial score (nSPS) is 12.0. The van der Waals surface area contributed by atoms with Crippen LogP contribution in [-0.4, -0.2) is 44.3 Å². The molecule has 0 fully saturated rings. The van der Waals surface area contributed by atoms with Crippen molar-refractivity contribution in [2.24, 2.45) is 0 Å². The molecule has 0 saturated carbocycles. The van der Waals surface area contributed by atoms with Crippen LogP contribution in [0.3, 0.4) is 0 Å². The van der Waals surface area contributed by atoms with Gasteiger partial charge in [-0.05, 0) is 66.9 Å². The average molecular weight is 621 g/mol. The predicted molar refractivity (Wildman–Crippen MR) is 154 cm³/mol. The van der Waals surface area contributed by atoms with Crippen molar-refractivity contribution in [3.8, 4) is 0 Å². The molecule has 0 heterocycles. The van der Waals surface area contributed by atoms with E-state index in [0.717, 1.165) is 20.8 Å². The van der Waals surface area contributed by atoms with Crippen molar-refractivity contribution < 1.29 is 18.0 Å². The zero-order valence-electron chi connectivity index (χ0n) is 21.3. The zero-order valence-corrected chi connectivity index (χ0v) is 24.5. The molecule has 1 atom stereocenters. The minimum absolute atomic E-state index is 0.0627. The van der Waals surface area contributed by atoms with E-state index in [9.17, 15) is 18.0 Å². The van der Waals surface area contributed by atoms with Crippen molar-refractivity contribution >= 4 is 55.1 Å². The second-order valence-electron chi connectivity index (χ2n) is 8.66. The summed E-state index contributed by atoms with van der Waals surface area (Å²) in [7, 11) is -4.09. The van der Waals surface area contributed by atoms with Gasteiger partial charge in [-0.25, -0.2) is 8.42 Å². The Balaban J connectivity index is 2.02. The van der Waals surface area contributed by atoms with Crippen LogP contribution in [0, 0.1) is 0 Å². The highest BCUT2D eigenvalue weighted by Crippen LogP contribution is 2.26. The number of carbonyl (C=O) groups excluding carboxylic acids is 2. The summed E-state index contributed by atoms with van der Waals surface area (Å²) in [4.78, 5) is 28.5. The van der Waals surface area contributed by atoms with Gasteiger partial charge in [0.25, 0.3) is 10.0 Å². The maximum absolute atomic E-state index is 13.9. The fourth-order valence-electron chi connectivity index (χ4n) is 3.93. The average Bonchev–Trinajstić information content (AvgIpc) is 2.92. The maximum Gasteiger partial charge on any atom is 0.264 e. The van der Waals surface area contributed by atoms with Gasteiger partial charge in [0.1, 0.15) is 12.6 Å². The maximum atomic E-state index is 13.9. The first-order valence-corrected chi connectivity index (χ1v) is 14.9. The molecule has 7 nitrogen and oxygen atoms in total. The predicted octanol–water partition coefficient (Wildman–Crippen LogP) is 5.63. The van der Waals surface area contributed by atoms with E-state index in [1.165, 1.54) is 17.0 Å². The molecule has 38 heavy (non-hydrogen) atoms. The van der Waals surface area contributed by atoms with Gasteiger partial charge in [-0.2, -0.15) is 0 Å². The molecule has 202 valence electrons. The van der Waals surface area contributed by atoms with Crippen molar-refractivity contribution in [1.82, 2.24) is 10.2 Å². The summed E-state index contributed by atoms with van der Waals surface area (Å²) in [5.41, 5.74) is 1.10. The Morgan fingerprint density at radius 2 is 1.58 bits per heavy atom. The number of amides is 2. The second-order valence-corrected chi connectivity index (χ2v) is 11.9. The number of benzene rings is 3. The molecular formula is C28H31BrClN3O4S. The Labute approximate surface area is 238 Å². The highest BCUT2D eigenvalue weighted by atomic mass is 79.9. The fourth-order valence-corrected chi connectivity index (χ4v) is 5.75. The molecule has 0 bridgehead atoms. The second kappa shape index (κ2) is 13.8. The van der Waals surface area contributed by atoms with Crippen molar-refractivity contribution in [1.29, 1.82) is 0 Å². The summed E-state index contributed by atoms with van der Waals surface area (Å²) >= 11 is 9.42. The van der Waals surface area contributed by atoms with Gasteiger partial charge in [0.2, 0.25) is 11.8 Å². The lowest BCUT2D eigenvalue weighted by molar-refractivity contribution is -0.140. The number of sulfonamides is 1. The topological polar surface area (TPSA) is 86.8 Å². The third-order valence-electron chi connectivity index (χ3n) is 5.93. The van der Waals surface area contributed by atoms with Crippen molar-refractivity contribution in [2.45, 2.75) is 44.2 Å². The van der Waals surface area contributed by atoms with Gasteiger partial charge in [-0.15, -0.1) is 0 Å². The SMILES string of the molecule is CCCNC(=O)[C@H](CC)N(Cc1ccc(Cl)cc1)C(=O)CN(c1ccc(Br)cc1)S(=O)(=O)c1ccccc1. The Hall–Kier alpha value is -2.88. The van der Waals surface area contributed by atoms with Gasteiger partial charge in [0.05, 0.1) is 10.6 Å². The van der Waals surface area contributed by atoms with Crippen LogP contribution in [0.15, 0.2) is 88.2 Å². The number of rotatable bonds is 12. The molecule has 0 aliphatic heterocycles. The third kappa shape index (κ3) is 7.58. The molecule has 2 amide bonds. The van der Waals surface area contributed by atoms with Gasteiger partial charge < -0.3 is 10.2 Å². The highest BCUT2D eigenvalue weighted by molar-refractivity contribution is 9.10. The van der Waals surface area contributed by atoms with Crippen LogP contribution in [0.4, 0.5) is 5.69 Å². The lowest BCUT2D eigenvalue weighted by Gasteiger charge is -2.33. The number of hydrogen-bond donors (Lipinski definition) is 1. The molecule has 0 saturated heterocycles. The quantitative estimate of drug-likeness (QED) is 0.284. The Morgan fingerprint density at radius 3 is 2.16 bits per heavy atom. The van der Waals surface area contributed by atoms with Crippen molar-refractivity contribution in [3.63, 3.8) is 0 Å². The zero-order chi connectivity index (χ0) is 27.7. The standard InChI is InChI=1S/C28H31BrClN3O4S/c1-3-18-31-28(35)26(4-2)32(19-21-10-14-23(30)15-11-21)27(34)20-33(24-16-12-22(29)13-17-24)38(36,37)25-8-6-5-7-9-25/h5-17,26H,3-4,18-20H2,1-2H3,(H,31,35)/t26-/m0/s1. The lowest BCUT2D eigenvalue weighted by Crippen LogP contribution is -2.52. The van der Waals surface area contributed by atoms with Gasteiger partial charge in [0.15, 0.2) is 0 Å². The van der Waals surface area contributed by atoms with Crippen molar-refractivity contribution in [2.75, 3.05) is 17.4 Å². The lowest BCUT2D eigenvalue weighted by atomic mass is 10.1. The van der Waals surface area contributed by atoms with Crippen LogP contribution in [0.1, 0.15) is 32.3 Å². The number of nitrogens with one attached hydrogen (secondary N) is 1. The highest BCUT2D eigenvalue weighted by Gasteiger charge is 2.33.